The topological polar surface area (TPSA) is 79.2 Å². The monoisotopic (exact) mass is 364 g/mol. The fourth-order valence-corrected chi connectivity index (χ4v) is 3.24. The number of nitrogens with zero attached hydrogens (tertiary/aromatic N) is 5. The molecule has 1 atom stereocenters. The van der Waals surface area contributed by atoms with Crippen molar-refractivity contribution in [3.63, 3.8) is 0 Å². The van der Waals surface area contributed by atoms with Crippen molar-refractivity contribution in [1.82, 2.24) is 29.7 Å². The van der Waals surface area contributed by atoms with E-state index in [1.54, 1.807) is 27.6 Å². The van der Waals surface area contributed by atoms with Crippen LogP contribution in [-0.4, -0.2) is 48.7 Å². The summed E-state index contributed by atoms with van der Waals surface area (Å²) in [5.74, 6) is -0.365. The minimum atomic E-state index is -4.48. The first-order chi connectivity index (χ1) is 12.4. The minimum absolute atomic E-state index is 0.166. The molecule has 0 bridgehead atoms. The van der Waals surface area contributed by atoms with Crippen LogP contribution in [0.25, 0.3) is 5.65 Å². The summed E-state index contributed by atoms with van der Waals surface area (Å²) in [5, 5.41) is 13.5. The van der Waals surface area contributed by atoms with E-state index >= 15 is 0 Å². The summed E-state index contributed by atoms with van der Waals surface area (Å²) in [6.07, 6.45) is 0.0974. The van der Waals surface area contributed by atoms with E-state index < -0.39 is 11.9 Å². The van der Waals surface area contributed by atoms with Crippen LogP contribution in [0.5, 0.6) is 0 Å². The number of piperidine rings is 1. The smallest absolute Gasteiger partial charge is 0.338 e. The van der Waals surface area contributed by atoms with Gasteiger partial charge in [-0.15, -0.1) is 10.2 Å². The largest absolute Gasteiger partial charge is 0.435 e. The van der Waals surface area contributed by atoms with E-state index in [0.717, 1.165) is 6.07 Å². The second kappa shape index (κ2) is 6.11. The van der Waals surface area contributed by atoms with Crippen molar-refractivity contribution in [3.8, 4) is 0 Å². The van der Waals surface area contributed by atoms with Crippen molar-refractivity contribution in [2.75, 3.05) is 13.1 Å². The molecule has 1 fully saturated rings. The van der Waals surface area contributed by atoms with Crippen molar-refractivity contribution in [2.45, 2.75) is 24.9 Å². The van der Waals surface area contributed by atoms with Gasteiger partial charge in [-0.05, 0) is 31.0 Å². The molecule has 1 N–H and O–H groups in total. The molecule has 4 heterocycles. The first-order valence-corrected chi connectivity index (χ1v) is 8.13. The number of hydrogen-bond donors (Lipinski definition) is 1. The number of carbonyl (C=O) groups is 1. The van der Waals surface area contributed by atoms with Crippen molar-refractivity contribution < 1.29 is 18.0 Å². The van der Waals surface area contributed by atoms with E-state index in [2.05, 4.69) is 20.4 Å². The standard InChI is InChI=1S/C16H15F3N6O/c17-16(18,19)13-6-12(21-22-13)10-2-1-5-24(7-10)15(26)11-3-4-14-23-20-9-25(14)8-11/h3-4,6,8-10H,1-2,5,7H2,(H,21,22). The Balaban J connectivity index is 1.52. The molecule has 136 valence electrons. The highest BCUT2D eigenvalue weighted by atomic mass is 19.4. The molecule has 0 aliphatic carbocycles. The summed E-state index contributed by atoms with van der Waals surface area (Å²) in [7, 11) is 0. The number of hydrogen-bond acceptors (Lipinski definition) is 4. The molecule has 1 aliphatic rings. The quantitative estimate of drug-likeness (QED) is 0.758. The molecule has 7 nitrogen and oxygen atoms in total. The number of aromatic amines is 1. The van der Waals surface area contributed by atoms with Crippen LogP contribution in [0.4, 0.5) is 13.2 Å². The van der Waals surface area contributed by atoms with Gasteiger partial charge in [0.15, 0.2) is 11.3 Å². The summed E-state index contributed by atoms with van der Waals surface area (Å²) in [6, 6.07) is 4.40. The van der Waals surface area contributed by atoms with E-state index in [0.29, 0.717) is 42.8 Å². The summed E-state index contributed by atoms with van der Waals surface area (Å²) >= 11 is 0. The number of rotatable bonds is 2. The lowest BCUT2D eigenvalue weighted by Gasteiger charge is -2.32. The van der Waals surface area contributed by atoms with Crippen LogP contribution in [0.3, 0.4) is 0 Å². The summed E-state index contributed by atoms with van der Waals surface area (Å²) in [4.78, 5) is 14.4. The molecular formula is C16H15F3N6O. The van der Waals surface area contributed by atoms with E-state index in [1.807, 2.05) is 0 Å². The first kappa shape index (κ1) is 16.6. The average Bonchev–Trinajstić information content (AvgIpc) is 3.29. The molecule has 26 heavy (non-hydrogen) atoms. The summed E-state index contributed by atoms with van der Waals surface area (Å²) in [5.41, 5.74) is 0.590. The lowest BCUT2D eigenvalue weighted by atomic mass is 9.94. The van der Waals surface area contributed by atoms with Crippen molar-refractivity contribution in [1.29, 1.82) is 0 Å². The van der Waals surface area contributed by atoms with E-state index in [1.165, 1.54) is 6.33 Å². The number of aromatic nitrogens is 5. The zero-order valence-electron chi connectivity index (χ0n) is 13.6. The van der Waals surface area contributed by atoms with Gasteiger partial charge < -0.3 is 4.90 Å². The number of amides is 1. The highest BCUT2D eigenvalue weighted by Crippen LogP contribution is 2.32. The van der Waals surface area contributed by atoms with Crippen LogP contribution < -0.4 is 0 Å². The molecule has 1 unspecified atom stereocenters. The Morgan fingerprint density at radius 2 is 2.15 bits per heavy atom. The molecule has 1 aliphatic heterocycles. The summed E-state index contributed by atoms with van der Waals surface area (Å²) < 4.78 is 39.9. The molecule has 1 saturated heterocycles. The Bertz CT molecular complexity index is 947. The number of nitrogens with one attached hydrogen (secondary N) is 1. The van der Waals surface area contributed by atoms with Gasteiger partial charge in [-0.2, -0.15) is 18.3 Å². The maximum atomic E-state index is 12.8. The molecule has 1 amide bonds. The number of alkyl halides is 3. The van der Waals surface area contributed by atoms with Crippen molar-refractivity contribution >= 4 is 11.6 Å². The highest BCUT2D eigenvalue weighted by molar-refractivity contribution is 5.94. The number of carbonyl (C=O) groups excluding carboxylic acids is 1. The van der Waals surface area contributed by atoms with Gasteiger partial charge >= 0.3 is 6.18 Å². The number of halogens is 3. The Kier molecular flexibility index (Phi) is 3.89. The molecule has 0 aromatic carbocycles. The fraction of sp³-hybridized carbons (Fsp3) is 0.375. The van der Waals surface area contributed by atoms with Gasteiger partial charge in [0.2, 0.25) is 0 Å². The lowest BCUT2D eigenvalue weighted by Crippen LogP contribution is -2.39. The van der Waals surface area contributed by atoms with Gasteiger partial charge in [-0.25, -0.2) is 0 Å². The van der Waals surface area contributed by atoms with Crippen LogP contribution in [-0.2, 0) is 6.18 Å². The second-order valence-corrected chi connectivity index (χ2v) is 6.31. The predicted molar refractivity (Wildman–Crippen MR) is 84.5 cm³/mol. The van der Waals surface area contributed by atoms with Gasteiger partial charge in [0.1, 0.15) is 6.33 Å². The Morgan fingerprint density at radius 3 is 2.92 bits per heavy atom. The number of likely N-dealkylation sites (tertiary alicyclic amines) is 1. The molecule has 3 aromatic rings. The van der Waals surface area contributed by atoms with E-state index in [9.17, 15) is 18.0 Å². The van der Waals surface area contributed by atoms with E-state index in [4.69, 9.17) is 0 Å². The summed E-state index contributed by atoms with van der Waals surface area (Å²) in [6.45, 7) is 0.911. The fourth-order valence-electron chi connectivity index (χ4n) is 3.24. The SMILES string of the molecule is O=C(c1ccc2nncn2c1)N1CCCC(c2cc(C(F)(F)F)n[nH]2)C1. The maximum Gasteiger partial charge on any atom is 0.435 e. The van der Waals surface area contributed by atoms with Crippen LogP contribution in [0, 0.1) is 0 Å². The third kappa shape index (κ3) is 3.02. The Labute approximate surface area is 145 Å². The lowest BCUT2D eigenvalue weighted by molar-refractivity contribution is -0.141. The van der Waals surface area contributed by atoms with Crippen LogP contribution in [0.15, 0.2) is 30.7 Å². The number of H-pyrrole nitrogens is 1. The second-order valence-electron chi connectivity index (χ2n) is 6.31. The van der Waals surface area contributed by atoms with Gasteiger partial charge in [0.25, 0.3) is 5.91 Å². The molecule has 0 saturated carbocycles. The minimum Gasteiger partial charge on any atom is -0.338 e. The predicted octanol–water partition coefficient (Wildman–Crippen LogP) is 2.49. The van der Waals surface area contributed by atoms with Gasteiger partial charge in [0, 0.05) is 30.9 Å². The van der Waals surface area contributed by atoms with Crippen molar-refractivity contribution in [2.24, 2.45) is 0 Å². The van der Waals surface area contributed by atoms with Gasteiger partial charge in [-0.3, -0.25) is 14.3 Å². The highest BCUT2D eigenvalue weighted by Gasteiger charge is 2.35. The molecular weight excluding hydrogens is 349 g/mol. The molecule has 0 spiro atoms. The number of pyridine rings is 1. The third-order valence-electron chi connectivity index (χ3n) is 4.57. The normalized spacial score (nSPS) is 18.4. The van der Waals surface area contributed by atoms with Crippen molar-refractivity contribution in [3.05, 3.63) is 47.7 Å². The number of fused-ring (bicyclic) bond motifs is 1. The molecule has 0 radical (unpaired) electrons. The Hall–Kier alpha value is -2.91. The molecule has 10 heteroatoms. The van der Waals surface area contributed by atoms with Gasteiger partial charge in [0.05, 0.1) is 5.56 Å². The van der Waals surface area contributed by atoms with Crippen LogP contribution >= 0.6 is 0 Å². The average molecular weight is 364 g/mol. The molecule has 3 aromatic heterocycles. The zero-order chi connectivity index (χ0) is 18.3. The first-order valence-electron chi connectivity index (χ1n) is 8.13. The molecule has 4 rings (SSSR count). The zero-order valence-corrected chi connectivity index (χ0v) is 13.6. The Morgan fingerprint density at radius 1 is 1.31 bits per heavy atom. The van der Waals surface area contributed by atoms with E-state index in [-0.39, 0.29) is 11.8 Å². The van der Waals surface area contributed by atoms with Crippen LogP contribution in [0.2, 0.25) is 0 Å². The van der Waals surface area contributed by atoms with Crippen LogP contribution in [0.1, 0.15) is 40.5 Å². The van der Waals surface area contributed by atoms with Gasteiger partial charge in [-0.1, -0.05) is 0 Å². The maximum absolute atomic E-state index is 12.8. The third-order valence-corrected chi connectivity index (χ3v) is 4.57.